The Morgan fingerprint density at radius 2 is 1.73 bits per heavy atom. The molecule has 1 saturated heterocycles. The van der Waals surface area contributed by atoms with Crippen LogP contribution in [0.2, 0.25) is 0 Å². The van der Waals surface area contributed by atoms with Crippen LogP contribution in [0.1, 0.15) is 21.6 Å². The average molecular weight is 478 g/mol. The molecule has 1 fully saturated rings. The van der Waals surface area contributed by atoms with Gasteiger partial charge in [0.25, 0.3) is 5.91 Å². The van der Waals surface area contributed by atoms with Gasteiger partial charge in [0.15, 0.2) is 0 Å². The van der Waals surface area contributed by atoms with Crippen molar-refractivity contribution in [2.75, 3.05) is 37.2 Å². The molecule has 1 aliphatic heterocycles. The van der Waals surface area contributed by atoms with Gasteiger partial charge in [0.05, 0.1) is 17.1 Å². The standard InChI is InChI=1S/C25H27N5OS2/c26-22-6-1-2-7-23(22)28-24(31)20-10-8-19(9-11-20)18-33-25(32)30-15-13-29(14-16-30)17-21-5-3-4-12-27-21/h1-12H,13-18,26H2,(H,28,31). The molecule has 3 aromatic rings. The second kappa shape index (κ2) is 11.3. The fraction of sp³-hybridized carbons (Fsp3) is 0.240. The zero-order valence-corrected chi connectivity index (χ0v) is 19.9. The Balaban J connectivity index is 1.22. The summed E-state index contributed by atoms with van der Waals surface area (Å²) < 4.78 is 0.925. The van der Waals surface area contributed by atoms with Gasteiger partial charge in [-0.3, -0.25) is 14.7 Å². The number of nitrogens with zero attached hydrogens (tertiary/aromatic N) is 3. The molecule has 1 aromatic heterocycles. The number of rotatable bonds is 6. The molecule has 0 unspecified atom stereocenters. The number of nitrogen functional groups attached to an aromatic ring is 1. The van der Waals surface area contributed by atoms with Crippen molar-refractivity contribution in [2.24, 2.45) is 0 Å². The summed E-state index contributed by atoms with van der Waals surface area (Å²) in [5.41, 5.74) is 9.90. The second-order valence-corrected chi connectivity index (χ2v) is 9.49. The van der Waals surface area contributed by atoms with E-state index in [0.717, 1.165) is 54.1 Å². The first kappa shape index (κ1) is 23.2. The lowest BCUT2D eigenvalue weighted by molar-refractivity contribution is 0.102. The van der Waals surface area contributed by atoms with E-state index in [1.807, 2.05) is 54.7 Å². The molecule has 2 heterocycles. The fourth-order valence-electron chi connectivity index (χ4n) is 3.60. The number of piperazine rings is 1. The predicted molar refractivity (Wildman–Crippen MR) is 140 cm³/mol. The van der Waals surface area contributed by atoms with Gasteiger partial charge in [-0.2, -0.15) is 0 Å². The van der Waals surface area contributed by atoms with Crippen molar-refractivity contribution in [2.45, 2.75) is 12.3 Å². The number of carbonyl (C=O) groups excluding carboxylic acids is 1. The normalized spacial score (nSPS) is 14.1. The molecule has 4 rings (SSSR count). The number of benzene rings is 2. The van der Waals surface area contributed by atoms with E-state index in [-0.39, 0.29) is 5.91 Å². The minimum atomic E-state index is -0.175. The van der Waals surface area contributed by atoms with E-state index in [2.05, 4.69) is 26.2 Å². The number of nitrogens with two attached hydrogens (primary N) is 1. The van der Waals surface area contributed by atoms with Gasteiger partial charge in [0, 0.05) is 50.2 Å². The summed E-state index contributed by atoms with van der Waals surface area (Å²) in [4.78, 5) is 21.6. The molecule has 0 bridgehead atoms. The first-order chi connectivity index (χ1) is 16.1. The molecule has 33 heavy (non-hydrogen) atoms. The Bertz CT molecular complexity index is 1080. The predicted octanol–water partition coefficient (Wildman–Crippen LogP) is 4.25. The van der Waals surface area contributed by atoms with Crippen molar-refractivity contribution < 1.29 is 4.79 Å². The summed E-state index contributed by atoms with van der Waals surface area (Å²) in [5, 5.41) is 2.85. The van der Waals surface area contributed by atoms with Crippen molar-refractivity contribution in [1.29, 1.82) is 0 Å². The number of thiocarbonyl (C=S) groups is 1. The molecule has 0 spiro atoms. The van der Waals surface area contributed by atoms with E-state index >= 15 is 0 Å². The molecule has 6 nitrogen and oxygen atoms in total. The molecule has 1 aliphatic rings. The minimum absolute atomic E-state index is 0.175. The molecule has 1 amide bonds. The molecular weight excluding hydrogens is 450 g/mol. The molecule has 0 atom stereocenters. The molecule has 2 aromatic carbocycles. The number of nitrogens with one attached hydrogen (secondary N) is 1. The van der Waals surface area contributed by atoms with E-state index in [4.69, 9.17) is 18.0 Å². The van der Waals surface area contributed by atoms with Crippen LogP contribution in [0, 0.1) is 0 Å². The van der Waals surface area contributed by atoms with E-state index < -0.39 is 0 Å². The average Bonchev–Trinajstić information content (AvgIpc) is 2.85. The Labute approximate surface area is 204 Å². The van der Waals surface area contributed by atoms with Crippen LogP contribution in [0.3, 0.4) is 0 Å². The number of hydrogen-bond donors (Lipinski definition) is 2. The lowest BCUT2D eigenvalue weighted by atomic mass is 10.1. The van der Waals surface area contributed by atoms with Gasteiger partial charge in [-0.25, -0.2) is 0 Å². The van der Waals surface area contributed by atoms with Crippen LogP contribution in [0.15, 0.2) is 72.9 Å². The molecular formula is C25H27N5OS2. The summed E-state index contributed by atoms with van der Waals surface area (Å²) in [6, 6.07) is 20.9. The largest absolute Gasteiger partial charge is 0.397 e. The van der Waals surface area contributed by atoms with Crippen molar-refractivity contribution >= 4 is 45.6 Å². The molecule has 0 saturated carbocycles. The maximum Gasteiger partial charge on any atom is 0.255 e. The third kappa shape index (κ3) is 6.54. The lowest BCUT2D eigenvalue weighted by Gasteiger charge is -2.35. The monoisotopic (exact) mass is 477 g/mol. The minimum Gasteiger partial charge on any atom is -0.397 e. The lowest BCUT2D eigenvalue weighted by Crippen LogP contribution is -2.47. The highest BCUT2D eigenvalue weighted by molar-refractivity contribution is 8.22. The molecule has 0 radical (unpaired) electrons. The molecule has 0 aliphatic carbocycles. The van der Waals surface area contributed by atoms with Crippen molar-refractivity contribution in [3.8, 4) is 0 Å². The first-order valence-electron chi connectivity index (χ1n) is 10.9. The van der Waals surface area contributed by atoms with Crippen LogP contribution in [0.5, 0.6) is 0 Å². The number of para-hydroxylation sites is 2. The van der Waals surface area contributed by atoms with Gasteiger partial charge in [-0.15, -0.1) is 0 Å². The number of carbonyl (C=O) groups is 1. The Morgan fingerprint density at radius 3 is 2.42 bits per heavy atom. The highest BCUT2D eigenvalue weighted by Crippen LogP contribution is 2.21. The summed E-state index contributed by atoms with van der Waals surface area (Å²) in [7, 11) is 0. The Kier molecular flexibility index (Phi) is 7.93. The van der Waals surface area contributed by atoms with Gasteiger partial charge >= 0.3 is 0 Å². The maximum absolute atomic E-state index is 12.5. The molecule has 170 valence electrons. The van der Waals surface area contributed by atoms with Gasteiger partial charge in [-0.05, 0) is 42.0 Å². The summed E-state index contributed by atoms with van der Waals surface area (Å²) in [5.74, 6) is 0.603. The Morgan fingerprint density at radius 1 is 1.00 bits per heavy atom. The van der Waals surface area contributed by atoms with Crippen LogP contribution in [-0.4, -0.2) is 51.2 Å². The number of hydrogen-bond acceptors (Lipinski definition) is 6. The smallest absolute Gasteiger partial charge is 0.255 e. The third-order valence-corrected chi connectivity index (χ3v) is 7.12. The van der Waals surface area contributed by atoms with Gasteiger partial charge in [0.2, 0.25) is 0 Å². The zero-order valence-electron chi connectivity index (χ0n) is 18.3. The number of thioether (sulfide) groups is 1. The first-order valence-corrected chi connectivity index (χ1v) is 12.3. The van der Waals surface area contributed by atoms with Crippen molar-refractivity contribution in [3.63, 3.8) is 0 Å². The maximum atomic E-state index is 12.5. The van der Waals surface area contributed by atoms with E-state index in [1.165, 1.54) is 0 Å². The highest BCUT2D eigenvalue weighted by Gasteiger charge is 2.19. The molecule has 8 heteroatoms. The van der Waals surface area contributed by atoms with Crippen LogP contribution in [0.25, 0.3) is 0 Å². The second-order valence-electron chi connectivity index (χ2n) is 7.88. The summed E-state index contributed by atoms with van der Waals surface area (Å²) in [6.07, 6.45) is 1.84. The van der Waals surface area contributed by atoms with Crippen LogP contribution in [-0.2, 0) is 12.3 Å². The van der Waals surface area contributed by atoms with E-state index in [1.54, 1.807) is 23.9 Å². The third-order valence-electron chi connectivity index (χ3n) is 5.53. The number of amides is 1. The van der Waals surface area contributed by atoms with Gasteiger partial charge in [0.1, 0.15) is 4.32 Å². The van der Waals surface area contributed by atoms with Crippen molar-refractivity contribution in [1.82, 2.24) is 14.8 Å². The SMILES string of the molecule is Nc1ccccc1NC(=O)c1ccc(CSC(=S)N2CCN(Cc3ccccn3)CC2)cc1. The van der Waals surface area contributed by atoms with Gasteiger partial charge < -0.3 is 16.0 Å². The van der Waals surface area contributed by atoms with E-state index in [9.17, 15) is 4.79 Å². The van der Waals surface area contributed by atoms with Gasteiger partial charge in [-0.1, -0.05) is 54.3 Å². The molecule has 3 N–H and O–H groups in total. The van der Waals surface area contributed by atoms with Crippen LogP contribution >= 0.6 is 24.0 Å². The number of pyridine rings is 1. The van der Waals surface area contributed by atoms with Crippen molar-refractivity contribution in [3.05, 3.63) is 89.7 Å². The van der Waals surface area contributed by atoms with Crippen LogP contribution in [0.4, 0.5) is 11.4 Å². The zero-order chi connectivity index (χ0) is 23.0. The topological polar surface area (TPSA) is 74.5 Å². The number of anilines is 2. The van der Waals surface area contributed by atoms with E-state index in [0.29, 0.717) is 16.9 Å². The quantitative estimate of drug-likeness (QED) is 0.406. The van der Waals surface area contributed by atoms with Crippen LogP contribution < -0.4 is 11.1 Å². The highest BCUT2D eigenvalue weighted by atomic mass is 32.2. The summed E-state index contributed by atoms with van der Waals surface area (Å²) in [6.45, 7) is 4.70. The fourth-order valence-corrected chi connectivity index (χ4v) is 4.81. The Hall–Kier alpha value is -2.94. The summed E-state index contributed by atoms with van der Waals surface area (Å²) >= 11 is 7.35. The number of aromatic nitrogens is 1.